The van der Waals surface area contributed by atoms with Crippen molar-refractivity contribution in [1.29, 1.82) is 0 Å². The fourth-order valence-electron chi connectivity index (χ4n) is 4.83. The van der Waals surface area contributed by atoms with E-state index in [0.717, 1.165) is 64.3 Å². The second-order valence-electron chi connectivity index (χ2n) is 9.79. The van der Waals surface area contributed by atoms with E-state index in [1.165, 1.54) is 23.6 Å². The first kappa shape index (κ1) is 26.9. The SMILES string of the molecule is NS(=O)(=O)c1ccc(Cc2c(-c3cccc(-c4ccc(F)cc4)c3)nn(-c3nc(C(=O)O)cs3)c2C2CC2)cc1F. The third-order valence-corrected chi connectivity index (χ3v) is 8.64. The Kier molecular flexibility index (Phi) is 6.76. The van der Waals surface area contributed by atoms with Gasteiger partial charge < -0.3 is 5.11 Å². The van der Waals surface area contributed by atoms with Gasteiger partial charge in [0.15, 0.2) is 5.69 Å². The lowest BCUT2D eigenvalue weighted by molar-refractivity contribution is 0.0691. The maximum absolute atomic E-state index is 14.8. The number of benzene rings is 3. The van der Waals surface area contributed by atoms with Crippen LogP contribution in [-0.4, -0.2) is 34.3 Å². The molecule has 5 aromatic rings. The number of hydrogen-bond donors (Lipinski definition) is 2. The van der Waals surface area contributed by atoms with Crippen molar-refractivity contribution < 1.29 is 27.1 Å². The molecule has 0 radical (unpaired) electrons. The van der Waals surface area contributed by atoms with Crippen LogP contribution in [0.5, 0.6) is 0 Å². The number of thiazole rings is 1. The highest BCUT2D eigenvalue weighted by Gasteiger charge is 2.34. The summed E-state index contributed by atoms with van der Waals surface area (Å²) in [6, 6.07) is 17.5. The predicted molar refractivity (Wildman–Crippen MR) is 150 cm³/mol. The van der Waals surface area contributed by atoms with E-state index < -0.39 is 26.7 Å². The zero-order chi connectivity index (χ0) is 28.9. The van der Waals surface area contributed by atoms with Gasteiger partial charge in [0, 0.05) is 28.8 Å². The van der Waals surface area contributed by atoms with Crippen molar-refractivity contribution in [2.45, 2.75) is 30.1 Å². The van der Waals surface area contributed by atoms with Crippen LogP contribution in [0.3, 0.4) is 0 Å². The molecule has 0 aliphatic heterocycles. The van der Waals surface area contributed by atoms with E-state index >= 15 is 0 Å². The van der Waals surface area contributed by atoms with Gasteiger partial charge in [0.1, 0.15) is 16.5 Å². The number of carboxylic acid groups (broad SMARTS) is 1. The van der Waals surface area contributed by atoms with Gasteiger partial charge in [-0.25, -0.2) is 36.8 Å². The first-order valence-corrected chi connectivity index (χ1v) is 15.0. The number of carboxylic acids is 1. The molecule has 3 N–H and O–H groups in total. The maximum atomic E-state index is 14.8. The Bertz CT molecular complexity index is 1910. The van der Waals surface area contributed by atoms with Gasteiger partial charge in [-0.2, -0.15) is 5.10 Å². The van der Waals surface area contributed by atoms with Crippen molar-refractivity contribution in [2.75, 3.05) is 0 Å². The molecule has 2 aromatic heterocycles. The fourth-order valence-corrected chi connectivity index (χ4v) is 6.18. The Morgan fingerprint density at radius 1 is 1.02 bits per heavy atom. The van der Waals surface area contributed by atoms with Crippen molar-refractivity contribution in [3.05, 3.63) is 106 Å². The molecule has 41 heavy (non-hydrogen) atoms. The van der Waals surface area contributed by atoms with E-state index in [4.69, 9.17) is 10.2 Å². The summed E-state index contributed by atoms with van der Waals surface area (Å²) in [7, 11) is -4.23. The zero-order valence-electron chi connectivity index (χ0n) is 21.3. The molecule has 12 heteroatoms. The summed E-state index contributed by atoms with van der Waals surface area (Å²) in [6.07, 6.45) is 2.01. The van der Waals surface area contributed by atoms with Crippen LogP contribution in [0.15, 0.2) is 77.0 Å². The van der Waals surface area contributed by atoms with Gasteiger partial charge in [0.05, 0.1) is 11.4 Å². The second kappa shape index (κ2) is 10.3. The molecule has 8 nitrogen and oxygen atoms in total. The Balaban J connectivity index is 1.52. The summed E-state index contributed by atoms with van der Waals surface area (Å²) in [5, 5.41) is 21.3. The van der Waals surface area contributed by atoms with Crippen LogP contribution in [0.25, 0.3) is 27.5 Å². The van der Waals surface area contributed by atoms with Crippen LogP contribution in [0, 0.1) is 11.6 Å². The fraction of sp³-hybridized carbons (Fsp3) is 0.138. The summed E-state index contributed by atoms with van der Waals surface area (Å²) in [5.74, 6) is -2.30. The predicted octanol–water partition coefficient (Wildman–Crippen LogP) is 5.75. The third-order valence-electron chi connectivity index (χ3n) is 6.88. The summed E-state index contributed by atoms with van der Waals surface area (Å²) in [5.41, 5.74) is 5.04. The largest absolute Gasteiger partial charge is 0.476 e. The molecule has 0 bridgehead atoms. The number of nitrogens with zero attached hydrogens (tertiary/aromatic N) is 3. The third kappa shape index (κ3) is 5.41. The zero-order valence-corrected chi connectivity index (χ0v) is 22.9. The number of primary sulfonamides is 1. The van der Waals surface area contributed by atoms with Crippen molar-refractivity contribution in [3.63, 3.8) is 0 Å². The van der Waals surface area contributed by atoms with Crippen LogP contribution >= 0.6 is 11.3 Å². The monoisotopic (exact) mass is 592 g/mol. The number of carbonyl (C=O) groups is 1. The van der Waals surface area contributed by atoms with Gasteiger partial charge in [-0.15, -0.1) is 11.3 Å². The number of sulfonamides is 1. The molecule has 1 saturated carbocycles. The van der Waals surface area contributed by atoms with Gasteiger partial charge >= 0.3 is 5.97 Å². The molecule has 6 rings (SSSR count). The number of hydrogen-bond acceptors (Lipinski definition) is 6. The first-order valence-electron chi connectivity index (χ1n) is 12.6. The Morgan fingerprint density at radius 2 is 1.76 bits per heavy atom. The molecule has 3 aromatic carbocycles. The van der Waals surface area contributed by atoms with E-state index in [2.05, 4.69) is 4.98 Å². The molecule has 0 saturated heterocycles. The molecular formula is C29H22F2N4O4S2. The molecule has 1 aliphatic rings. The highest BCUT2D eigenvalue weighted by atomic mass is 32.2. The Hall–Kier alpha value is -4.26. The molecule has 0 unspecified atom stereocenters. The molecule has 1 fully saturated rings. The van der Waals surface area contributed by atoms with Crippen molar-refractivity contribution >= 4 is 27.3 Å². The highest BCUT2D eigenvalue weighted by molar-refractivity contribution is 7.89. The van der Waals surface area contributed by atoms with E-state index in [1.807, 2.05) is 24.3 Å². The topological polar surface area (TPSA) is 128 Å². The molecular weight excluding hydrogens is 570 g/mol. The van der Waals surface area contributed by atoms with Crippen molar-refractivity contribution in [2.24, 2.45) is 5.14 Å². The summed E-state index contributed by atoms with van der Waals surface area (Å²) >= 11 is 1.15. The van der Waals surface area contributed by atoms with Crippen LogP contribution in [0.2, 0.25) is 0 Å². The quantitative estimate of drug-likeness (QED) is 0.236. The number of aromatic carboxylic acids is 1. The molecule has 1 aliphatic carbocycles. The molecule has 0 atom stereocenters. The van der Waals surface area contributed by atoms with Gasteiger partial charge in [0.25, 0.3) is 0 Å². The number of halogens is 2. The highest BCUT2D eigenvalue weighted by Crippen LogP contribution is 2.46. The van der Waals surface area contributed by atoms with E-state index in [-0.39, 0.29) is 23.8 Å². The minimum Gasteiger partial charge on any atom is -0.476 e. The smallest absolute Gasteiger partial charge is 0.355 e. The normalized spacial score (nSPS) is 13.4. The Morgan fingerprint density at radius 3 is 2.39 bits per heavy atom. The van der Waals surface area contributed by atoms with Crippen molar-refractivity contribution in [1.82, 2.24) is 14.8 Å². The van der Waals surface area contributed by atoms with Gasteiger partial charge in [-0.05, 0) is 59.9 Å². The lowest BCUT2D eigenvalue weighted by Crippen LogP contribution is -2.14. The minimum absolute atomic E-state index is 0.0932. The average Bonchev–Trinajstić information content (AvgIpc) is 3.51. The van der Waals surface area contributed by atoms with E-state index in [9.17, 15) is 27.1 Å². The number of rotatable bonds is 8. The minimum atomic E-state index is -4.23. The van der Waals surface area contributed by atoms with E-state index in [0.29, 0.717) is 16.4 Å². The maximum Gasteiger partial charge on any atom is 0.355 e. The first-order chi connectivity index (χ1) is 19.6. The standard InChI is InChI=1S/C29H22F2N4O4S2/c30-21-9-7-17(8-10-21)19-2-1-3-20(14-19)26-22(12-16-4-11-25(23(31)13-16)41(32,38)39)27(18-5-6-18)35(34-26)29-33-24(15-40-29)28(36)37/h1-4,7-11,13-15,18H,5-6,12H2,(H,36,37)(H2,32,38,39). The molecule has 2 heterocycles. The van der Waals surface area contributed by atoms with Gasteiger partial charge in [-0.1, -0.05) is 36.4 Å². The number of nitrogens with two attached hydrogens (primary N) is 1. The average molecular weight is 593 g/mol. The second-order valence-corrected chi connectivity index (χ2v) is 12.2. The molecule has 0 spiro atoms. The molecule has 208 valence electrons. The van der Waals surface area contributed by atoms with Crippen LogP contribution in [-0.2, 0) is 16.4 Å². The lowest BCUT2D eigenvalue weighted by Gasteiger charge is -2.10. The molecule has 0 amide bonds. The van der Waals surface area contributed by atoms with Crippen molar-refractivity contribution in [3.8, 4) is 27.5 Å². The van der Waals surface area contributed by atoms with E-state index in [1.54, 1.807) is 16.8 Å². The summed E-state index contributed by atoms with van der Waals surface area (Å²) < 4.78 is 53.5. The Labute approximate surface area is 237 Å². The van der Waals surface area contributed by atoms with Crippen LogP contribution in [0.4, 0.5) is 8.78 Å². The summed E-state index contributed by atoms with van der Waals surface area (Å²) in [4.78, 5) is 15.2. The van der Waals surface area contributed by atoms with Gasteiger partial charge in [0.2, 0.25) is 15.2 Å². The number of aromatic nitrogens is 3. The lowest BCUT2D eigenvalue weighted by atomic mass is 9.95. The summed E-state index contributed by atoms with van der Waals surface area (Å²) in [6.45, 7) is 0. The van der Waals surface area contributed by atoms with Gasteiger partial charge in [-0.3, -0.25) is 0 Å². The van der Waals surface area contributed by atoms with Crippen LogP contribution < -0.4 is 5.14 Å². The van der Waals surface area contributed by atoms with Crippen LogP contribution in [0.1, 0.15) is 46.1 Å².